The van der Waals surface area contributed by atoms with Gasteiger partial charge in [0.2, 0.25) is 5.91 Å². The first kappa shape index (κ1) is 13.4. The second-order valence-corrected chi connectivity index (χ2v) is 5.97. The van der Waals surface area contributed by atoms with Crippen molar-refractivity contribution in [3.63, 3.8) is 0 Å². The van der Waals surface area contributed by atoms with Crippen LogP contribution in [0.1, 0.15) is 18.7 Å². The van der Waals surface area contributed by atoms with E-state index in [-0.39, 0.29) is 5.92 Å². The van der Waals surface area contributed by atoms with Crippen LogP contribution in [0, 0.1) is 5.92 Å². The summed E-state index contributed by atoms with van der Waals surface area (Å²) in [6.07, 6.45) is 4.02. The molecule has 1 fully saturated rings. The highest BCUT2D eigenvalue weighted by atomic mass is 16.5. The first-order chi connectivity index (χ1) is 10.8. The van der Waals surface area contributed by atoms with Crippen molar-refractivity contribution in [3.05, 3.63) is 36.3 Å². The van der Waals surface area contributed by atoms with Crippen LogP contribution in [0.5, 0.6) is 5.75 Å². The van der Waals surface area contributed by atoms with Gasteiger partial charge in [-0.3, -0.25) is 4.79 Å². The van der Waals surface area contributed by atoms with E-state index in [1.54, 1.807) is 7.11 Å². The maximum absolute atomic E-state index is 12.2. The summed E-state index contributed by atoms with van der Waals surface area (Å²) in [5, 5.41) is 0. The Morgan fingerprint density at radius 3 is 2.68 bits per heavy atom. The summed E-state index contributed by atoms with van der Waals surface area (Å²) < 4.78 is 7.42. The largest absolute Gasteiger partial charge is 0.497 e. The maximum Gasteiger partial charge on any atom is 0.226 e. The maximum atomic E-state index is 12.2. The molecule has 0 N–H and O–H groups in total. The summed E-state index contributed by atoms with van der Waals surface area (Å²) in [6, 6.07) is 8.01. The Morgan fingerprint density at radius 1 is 1.23 bits per heavy atom. The monoisotopic (exact) mass is 297 g/mol. The average Bonchev–Trinajstić information content (AvgIpc) is 3.33. The summed E-state index contributed by atoms with van der Waals surface area (Å²) in [6.45, 7) is 2.22. The molecule has 0 atom stereocenters. The quantitative estimate of drug-likeness (QED) is 0.873. The van der Waals surface area contributed by atoms with E-state index in [0.29, 0.717) is 12.5 Å². The average molecular weight is 297 g/mol. The van der Waals surface area contributed by atoms with Gasteiger partial charge in [0.25, 0.3) is 0 Å². The van der Waals surface area contributed by atoms with Gasteiger partial charge in [0, 0.05) is 24.6 Å². The Morgan fingerprint density at radius 2 is 2.00 bits per heavy atom. The van der Waals surface area contributed by atoms with Gasteiger partial charge >= 0.3 is 0 Å². The minimum atomic E-state index is 0.280. The molecule has 1 saturated carbocycles. The third-order valence-electron chi connectivity index (χ3n) is 4.49. The van der Waals surface area contributed by atoms with Crippen molar-refractivity contribution in [2.24, 2.45) is 5.92 Å². The molecule has 1 aromatic carbocycles. The smallest absolute Gasteiger partial charge is 0.226 e. The number of ether oxygens (including phenoxy) is 1. The van der Waals surface area contributed by atoms with Gasteiger partial charge < -0.3 is 14.2 Å². The van der Waals surface area contributed by atoms with E-state index >= 15 is 0 Å². The van der Waals surface area contributed by atoms with E-state index in [1.165, 1.54) is 0 Å². The molecule has 0 saturated heterocycles. The number of fused-ring (bicyclic) bond motifs is 1. The zero-order chi connectivity index (χ0) is 15.1. The number of rotatable bonds is 3. The lowest BCUT2D eigenvalue weighted by Gasteiger charge is -2.28. The van der Waals surface area contributed by atoms with Gasteiger partial charge in [-0.2, -0.15) is 0 Å². The van der Waals surface area contributed by atoms with Crippen molar-refractivity contribution in [1.82, 2.24) is 14.5 Å². The van der Waals surface area contributed by atoms with Crippen LogP contribution in [0.15, 0.2) is 30.5 Å². The Labute approximate surface area is 129 Å². The van der Waals surface area contributed by atoms with Crippen molar-refractivity contribution < 1.29 is 9.53 Å². The predicted molar refractivity (Wildman–Crippen MR) is 82.4 cm³/mol. The van der Waals surface area contributed by atoms with E-state index in [4.69, 9.17) is 4.74 Å². The van der Waals surface area contributed by atoms with Crippen molar-refractivity contribution in [2.45, 2.75) is 25.9 Å². The van der Waals surface area contributed by atoms with Crippen LogP contribution in [-0.2, 0) is 17.9 Å². The zero-order valence-corrected chi connectivity index (χ0v) is 12.7. The molecule has 2 aliphatic rings. The van der Waals surface area contributed by atoms with Gasteiger partial charge in [-0.1, -0.05) is 0 Å². The molecule has 1 aromatic heterocycles. The fourth-order valence-electron chi connectivity index (χ4n) is 3.03. The molecule has 22 heavy (non-hydrogen) atoms. The number of carbonyl (C=O) groups is 1. The second kappa shape index (κ2) is 5.16. The minimum absolute atomic E-state index is 0.280. The summed E-state index contributed by atoms with van der Waals surface area (Å²) in [7, 11) is 1.67. The molecule has 2 heterocycles. The lowest BCUT2D eigenvalue weighted by Crippen LogP contribution is -2.39. The number of hydrogen-bond donors (Lipinski definition) is 0. The number of aromatic nitrogens is 2. The molecule has 2 aromatic rings. The number of imidazole rings is 1. The summed E-state index contributed by atoms with van der Waals surface area (Å²) >= 11 is 0. The van der Waals surface area contributed by atoms with Gasteiger partial charge in [-0.05, 0) is 37.1 Å². The molecule has 4 rings (SSSR count). The third-order valence-corrected chi connectivity index (χ3v) is 4.49. The Balaban J connectivity index is 1.58. The van der Waals surface area contributed by atoms with Crippen molar-refractivity contribution in [2.75, 3.05) is 13.7 Å². The molecule has 1 amide bonds. The first-order valence-electron chi connectivity index (χ1n) is 7.74. The van der Waals surface area contributed by atoms with Crippen LogP contribution in [0.25, 0.3) is 11.3 Å². The molecule has 5 nitrogen and oxygen atoms in total. The fourth-order valence-corrected chi connectivity index (χ4v) is 3.03. The summed E-state index contributed by atoms with van der Waals surface area (Å²) in [4.78, 5) is 18.7. The number of amides is 1. The van der Waals surface area contributed by atoms with Crippen LogP contribution in [-0.4, -0.2) is 34.0 Å². The SMILES string of the molecule is COc1ccc(-c2cnc3n2CCN(C(=O)C2CC2)C3)cc1. The number of nitrogens with zero attached hydrogens (tertiary/aromatic N) is 3. The lowest BCUT2D eigenvalue weighted by atomic mass is 10.1. The first-order valence-corrected chi connectivity index (χ1v) is 7.74. The van der Waals surface area contributed by atoms with Gasteiger partial charge in [-0.25, -0.2) is 4.98 Å². The highest BCUT2D eigenvalue weighted by Gasteiger charge is 2.35. The van der Waals surface area contributed by atoms with E-state index in [2.05, 4.69) is 9.55 Å². The minimum Gasteiger partial charge on any atom is -0.497 e. The molecule has 1 aliphatic heterocycles. The van der Waals surface area contributed by atoms with Crippen LogP contribution in [0.4, 0.5) is 0 Å². The molecular formula is C17H19N3O2. The Hall–Kier alpha value is -2.30. The standard InChI is InChI=1S/C17H19N3O2/c1-22-14-6-4-12(5-7-14)15-10-18-16-11-19(8-9-20(15)16)17(21)13-2-3-13/h4-7,10,13H,2-3,8-9,11H2,1H3. The molecule has 0 spiro atoms. The highest BCUT2D eigenvalue weighted by molar-refractivity contribution is 5.81. The topological polar surface area (TPSA) is 47.4 Å². The van der Waals surface area contributed by atoms with E-state index in [1.807, 2.05) is 35.4 Å². The molecule has 0 radical (unpaired) electrons. The van der Waals surface area contributed by atoms with Crippen molar-refractivity contribution in [3.8, 4) is 17.0 Å². The van der Waals surface area contributed by atoms with Crippen LogP contribution in [0.2, 0.25) is 0 Å². The van der Waals surface area contributed by atoms with E-state index < -0.39 is 0 Å². The number of carbonyl (C=O) groups excluding carboxylic acids is 1. The normalized spacial score (nSPS) is 17.2. The molecular weight excluding hydrogens is 278 g/mol. The van der Waals surface area contributed by atoms with Gasteiger partial charge in [-0.15, -0.1) is 0 Å². The molecule has 0 unspecified atom stereocenters. The molecule has 0 bridgehead atoms. The predicted octanol–water partition coefficient (Wildman–Crippen LogP) is 2.31. The number of methoxy groups -OCH3 is 1. The van der Waals surface area contributed by atoms with Gasteiger partial charge in [0.1, 0.15) is 11.6 Å². The van der Waals surface area contributed by atoms with Crippen molar-refractivity contribution in [1.29, 1.82) is 0 Å². The Kier molecular flexibility index (Phi) is 3.13. The number of hydrogen-bond acceptors (Lipinski definition) is 3. The number of benzene rings is 1. The van der Waals surface area contributed by atoms with Crippen molar-refractivity contribution >= 4 is 5.91 Å². The Bertz CT molecular complexity index is 701. The van der Waals surface area contributed by atoms with Crippen LogP contribution in [0.3, 0.4) is 0 Å². The fraction of sp³-hybridized carbons (Fsp3) is 0.412. The molecule has 1 aliphatic carbocycles. The molecule has 5 heteroatoms. The van der Waals surface area contributed by atoms with Gasteiger partial charge in [0.05, 0.1) is 25.5 Å². The lowest BCUT2D eigenvalue weighted by molar-refractivity contribution is -0.134. The zero-order valence-electron chi connectivity index (χ0n) is 12.7. The highest BCUT2D eigenvalue weighted by Crippen LogP contribution is 2.33. The summed E-state index contributed by atoms with van der Waals surface area (Å²) in [5.41, 5.74) is 2.23. The van der Waals surface area contributed by atoms with E-state index in [9.17, 15) is 4.79 Å². The van der Waals surface area contributed by atoms with Gasteiger partial charge in [0.15, 0.2) is 0 Å². The second-order valence-electron chi connectivity index (χ2n) is 5.97. The van der Waals surface area contributed by atoms with E-state index in [0.717, 1.165) is 48.8 Å². The van der Waals surface area contributed by atoms with Crippen LogP contribution >= 0.6 is 0 Å². The van der Waals surface area contributed by atoms with Crippen LogP contribution < -0.4 is 4.74 Å². The summed E-state index contributed by atoms with van der Waals surface area (Å²) in [5.74, 6) is 2.41. The molecule has 114 valence electrons. The third kappa shape index (κ3) is 2.26.